The fourth-order valence-corrected chi connectivity index (χ4v) is 4.10. The van der Waals surface area contributed by atoms with Gasteiger partial charge in [-0.2, -0.15) is 0 Å². The van der Waals surface area contributed by atoms with E-state index < -0.39 is 0 Å². The normalized spacial score (nSPS) is 30.7. The third kappa shape index (κ3) is 2.62. The number of likely N-dealkylation sites (tertiary alicyclic amines) is 1. The number of pyridine rings is 1. The van der Waals surface area contributed by atoms with Crippen molar-refractivity contribution in [1.29, 1.82) is 0 Å². The van der Waals surface area contributed by atoms with E-state index in [-0.39, 0.29) is 12.0 Å². The molecule has 2 bridgehead atoms. The topological polar surface area (TPSA) is 42.4 Å². The molecular weight excluding hydrogens is 276 g/mol. The summed E-state index contributed by atoms with van der Waals surface area (Å²) in [6.07, 6.45) is 12.4. The predicted octanol–water partition coefficient (Wildman–Crippen LogP) is 2.66. The second-order valence-electron chi connectivity index (χ2n) is 6.71. The summed E-state index contributed by atoms with van der Waals surface area (Å²) in [7, 11) is 0. The molecule has 116 valence electrons. The van der Waals surface area contributed by atoms with Crippen molar-refractivity contribution in [3.05, 3.63) is 36.7 Å². The first-order valence-electron chi connectivity index (χ1n) is 8.33. The standard InChI is InChI=1S/C18H22N2O2/c21-18(17-12-13-1-2-14(17)11-13)20-9-5-16(6-10-20)22-15-3-7-19-8-4-15/h1-4,7-8,13-14,16-17H,5-6,9-12H2/t13-,14+,17+/m1/s1. The molecule has 1 saturated heterocycles. The Labute approximate surface area is 131 Å². The Hall–Kier alpha value is -1.84. The lowest BCUT2D eigenvalue weighted by molar-refractivity contribution is -0.138. The third-order valence-electron chi connectivity index (χ3n) is 5.30. The van der Waals surface area contributed by atoms with E-state index in [0.717, 1.165) is 38.1 Å². The SMILES string of the molecule is O=C([C@H]1C[C@@H]2C=C[C@H]1C2)N1CCC(Oc2ccncc2)CC1. The molecule has 3 atom stereocenters. The predicted molar refractivity (Wildman–Crippen MR) is 83.3 cm³/mol. The van der Waals surface area contributed by atoms with Crippen molar-refractivity contribution in [3.8, 4) is 5.75 Å². The Morgan fingerprint density at radius 2 is 1.91 bits per heavy atom. The summed E-state index contributed by atoms with van der Waals surface area (Å²) >= 11 is 0. The van der Waals surface area contributed by atoms with Crippen molar-refractivity contribution in [3.63, 3.8) is 0 Å². The Bertz CT molecular complexity index is 564. The van der Waals surface area contributed by atoms with E-state index in [1.807, 2.05) is 12.1 Å². The average Bonchev–Trinajstić information content (AvgIpc) is 3.19. The largest absolute Gasteiger partial charge is 0.490 e. The van der Waals surface area contributed by atoms with Gasteiger partial charge in [-0.05, 0) is 36.8 Å². The van der Waals surface area contributed by atoms with Crippen LogP contribution in [0.2, 0.25) is 0 Å². The van der Waals surface area contributed by atoms with E-state index in [4.69, 9.17) is 4.74 Å². The number of nitrogens with zero attached hydrogens (tertiary/aromatic N) is 2. The third-order valence-corrected chi connectivity index (χ3v) is 5.30. The van der Waals surface area contributed by atoms with Gasteiger partial charge in [-0.25, -0.2) is 0 Å². The van der Waals surface area contributed by atoms with Crippen molar-refractivity contribution in [1.82, 2.24) is 9.88 Å². The number of aromatic nitrogens is 1. The van der Waals surface area contributed by atoms with Crippen molar-refractivity contribution < 1.29 is 9.53 Å². The van der Waals surface area contributed by atoms with E-state index in [1.165, 1.54) is 6.42 Å². The lowest BCUT2D eigenvalue weighted by Gasteiger charge is -2.34. The summed E-state index contributed by atoms with van der Waals surface area (Å²) in [4.78, 5) is 18.8. The number of carbonyl (C=O) groups excluding carboxylic acids is 1. The zero-order chi connectivity index (χ0) is 14.9. The van der Waals surface area contributed by atoms with E-state index in [2.05, 4.69) is 22.0 Å². The Balaban J connectivity index is 1.30. The Morgan fingerprint density at radius 3 is 2.55 bits per heavy atom. The maximum absolute atomic E-state index is 12.7. The molecule has 1 saturated carbocycles. The van der Waals surface area contributed by atoms with Crippen LogP contribution in [0, 0.1) is 17.8 Å². The van der Waals surface area contributed by atoms with Gasteiger partial charge in [0.1, 0.15) is 11.9 Å². The van der Waals surface area contributed by atoms with Crippen LogP contribution >= 0.6 is 0 Å². The number of allylic oxidation sites excluding steroid dienone is 2. The average molecular weight is 298 g/mol. The van der Waals surface area contributed by atoms with E-state index in [9.17, 15) is 4.79 Å². The minimum absolute atomic E-state index is 0.214. The zero-order valence-electron chi connectivity index (χ0n) is 12.7. The van der Waals surface area contributed by atoms with Gasteiger partial charge in [-0.3, -0.25) is 9.78 Å². The van der Waals surface area contributed by atoms with E-state index in [0.29, 0.717) is 17.7 Å². The van der Waals surface area contributed by atoms with Crippen molar-refractivity contribution >= 4 is 5.91 Å². The molecule has 4 heteroatoms. The molecule has 1 aromatic heterocycles. The summed E-state index contributed by atoms with van der Waals surface area (Å²) < 4.78 is 5.97. The number of rotatable bonds is 3. The number of hydrogen-bond donors (Lipinski definition) is 0. The molecule has 22 heavy (non-hydrogen) atoms. The molecule has 3 aliphatic rings. The second kappa shape index (κ2) is 5.75. The van der Waals surface area contributed by atoms with Crippen LogP contribution in [0.15, 0.2) is 36.7 Å². The van der Waals surface area contributed by atoms with Crippen LogP contribution < -0.4 is 4.74 Å². The highest BCUT2D eigenvalue weighted by Gasteiger charge is 2.42. The van der Waals surface area contributed by atoms with Gasteiger partial charge in [0.15, 0.2) is 0 Å². The van der Waals surface area contributed by atoms with Gasteiger partial charge in [-0.1, -0.05) is 12.2 Å². The highest BCUT2D eigenvalue weighted by atomic mass is 16.5. The van der Waals surface area contributed by atoms with Gasteiger partial charge in [0, 0.05) is 44.2 Å². The van der Waals surface area contributed by atoms with Gasteiger partial charge < -0.3 is 9.64 Å². The summed E-state index contributed by atoms with van der Waals surface area (Å²) in [5.74, 6) is 2.65. The number of piperidine rings is 1. The monoisotopic (exact) mass is 298 g/mol. The molecule has 0 radical (unpaired) electrons. The van der Waals surface area contributed by atoms with E-state index >= 15 is 0 Å². The van der Waals surface area contributed by atoms with Crippen LogP contribution in [0.5, 0.6) is 5.75 Å². The molecule has 4 nitrogen and oxygen atoms in total. The maximum atomic E-state index is 12.7. The van der Waals surface area contributed by atoms with Crippen LogP contribution in [0.1, 0.15) is 25.7 Å². The van der Waals surface area contributed by atoms with Gasteiger partial charge >= 0.3 is 0 Å². The van der Waals surface area contributed by atoms with Crippen LogP contribution in [-0.2, 0) is 4.79 Å². The van der Waals surface area contributed by atoms with Crippen LogP contribution in [0.25, 0.3) is 0 Å². The molecular formula is C18H22N2O2. The number of ether oxygens (including phenoxy) is 1. The molecule has 2 heterocycles. The highest BCUT2D eigenvalue weighted by molar-refractivity contribution is 5.80. The lowest BCUT2D eigenvalue weighted by Crippen LogP contribution is -2.45. The first-order valence-corrected chi connectivity index (χ1v) is 8.33. The number of amides is 1. The van der Waals surface area contributed by atoms with Gasteiger partial charge in [0.25, 0.3) is 0 Å². The smallest absolute Gasteiger partial charge is 0.226 e. The highest BCUT2D eigenvalue weighted by Crippen LogP contribution is 2.44. The number of hydrogen-bond acceptors (Lipinski definition) is 3. The lowest BCUT2D eigenvalue weighted by atomic mass is 9.91. The quantitative estimate of drug-likeness (QED) is 0.806. The summed E-state index contributed by atoms with van der Waals surface area (Å²) in [5.41, 5.74) is 0. The molecule has 1 aromatic rings. The summed E-state index contributed by atoms with van der Waals surface area (Å²) in [6, 6.07) is 3.78. The van der Waals surface area contributed by atoms with Crippen LogP contribution in [0.4, 0.5) is 0 Å². The van der Waals surface area contributed by atoms with Gasteiger partial charge in [0.2, 0.25) is 5.91 Å². The molecule has 1 aliphatic heterocycles. The molecule has 0 N–H and O–H groups in total. The van der Waals surface area contributed by atoms with Crippen LogP contribution in [0.3, 0.4) is 0 Å². The van der Waals surface area contributed by atoms with Crippen molar-refractivity contribution in [2.75, 3.05) is 13.1 Å². The molecule has 0 unspecified atom stereocenters. The van der Waals surface area contributed by atoms with Gasteiger partial charge in [0.05, 0.1) is 0 Å². The minimum atomic E-state index is 0.214. The van der Waals surface area contributed by atoms with Crippen molar-refractivity contribution in [2.24, 2.45) is 17.8 Å². The first kappa shape index (κ1) is 13.8. The second-order valence-corrected chi connectivity index (χ2v) is 6.71. The molecule has 0 aromatic carbocycles. The van der Waals surface area contributed by atoms with Crippen LogP contribution in [-0.4, -0.2) is 35.0 Å². The van der Waals surface area contributed by atoms with Gasteiger partial charge in [-0.15, -0.1) is 0 Å². The molecule has 0 spiro atoms. The summed E-state index contributed by atoms with van der Waals surface area (Å²) in [5, 5.41) is 0. The molecule has 4 rings (SSSR count). The van der Waals surface area contributed by atoms with E-state index in [1.54, 1.807) is 12.4 Å². The number of fused-ring (bicyclic) bond motifs is 2. The molecule has 1 amide bonds. The summed E-state index contributed by atoms with van der Waals surface area (Å²) in [6.45, 7) is 1.65. The molecule has 2 aliphatic carbocycles. The Morgan fingerprint density at radius 1 is 1.14 bits per heavy atom. The molecule has 2 fully saturated rings. The fourth-order valence-electron chi connectivity index (χ4n) is 4.10. The maximum Gasteiger partial charge on any atom is 0.226 e. The van der Waals surface area contributed by atoms with Crippen molar-refractivity contribution in [2.45, 2.75) is 31.8 Å². The Kier molecular flexibility index (Phi) is 3.60. The zero-order valence-corrected chi connectivity index (χ0v) is 12.7. The fraction of sp³-hybridized carbons (Fsp3) is 0.556. The first-order chi connectivity index (χ1) is 10.8. The minimum Gasteiger partial charge on any atom is -0.490 e. The number of carbonyl (C=O) groups is 1.